The van der Waals surface area contributed by atoms with Gasteiger partial charge in [-0.3, -0.25) is 15.1 Å². The maximum atomic E-state index is 12.7. The number of ether oxygens (including phenoxy) is 1. The molecule has 7 heteroatoms. The number of anilines is 2. The zero-order chi connectivity index (χ0) is 21.3. The largest absolute Gasteiger partial charge is 0.494 e. The molecule has 0 aliphatic rings. The van der Waals surface area contributed by atoms with Crippen molar-refractivity contribution in [3.8, 4) is 5.75 Å². The van der Waals surface area contributed by atoms with Crippen LogP contribution in [0.1, 0.15) is 28.1 Å². The fourth-order valence-corrected chi connectivity index (χ4v) is 3.51. The van der Waals surface area contributed by atoms with Gasteiger partial charge in [0.1, 0.15) is 11.3 Å². The van der Waals surface area contributed by atoms with Gasteiger partial charge in [0, 0.05) is 17.4 Å². The van der Waals surface area contributed by atoms with E-state index in [0.29, 0.717) is 40.8 Å². The van der Waals surface area contributed by atoms with Crippen LogP contribution in [0.5, 0.6) is 5.75 Å². The SMILES string of the molecule is COc1cccc2c(C)nc(Nc3nc(C)c(Cc4cccc(C)c4)c(=O)[nH]3)nc12. The summed E-state index contributed by atoms with van der Waals surface area (Å²) in [5.41, 5.74) is 4.86. The lowest BCUT2D eigenvalue weighted by Gasteiger charge is -2.11. The number of H-pyrrole nitrogens is 1. The average molecular weight is 401 g/mol. The number of aryl methyl sites for hydroxylation is 3. The van der Waals surface area contributed by atoms with Crippen molar-refractivity contribution in [2.75, 3.05) is 12.4 Å². The molecule has 2 aromatic carbocycles. The third-order valence-electron chi connectivity index (χ3n) is 5.02. The van der Waals surface area contributed by atoms with Crippen molar-refractivity contribution < 1.29 is 4.74 Å². The van der Waals surface area contributed by atoms with Crippen molar-refractivity contribution in [2.24, 2.45) is 0 Å². The minimum absolute atomic E-state index is 0.179. The number of nitrogens with one attached hydrogen (secondary N) is 2. The quantitative estimate of drug-likeness (QED) is 0.525. The second-order valence-electron chi connectivity index (χ2n) is 7.26. The molecular weight excluding hydrogens is 378 g/mol. The summed E-state index contributed by atoms with van der Waals surface area (Å²) in [6.07, 6.45) is 0.527. The molecule has 7 nitrogen and oxygen atoms in total. The van der Waals surface area contributed by atoms with E-state index in [-0.39, 0.29) is 5.56 Å². The van der Waals surface area contributed by atoms with E-state index in [4.69, 9.17) is 4.74 Å². The Labute approximate surface area is 174 Å². The molecule has 0 bridgehead atoms. The van der Waals surface area contributed by atoms with Crippen LogP contribution in [0.15, 0.2) is 47.3 Å². The normalized spacial score (nSPS) is 10.9. The Morgan fingerprint density at radius 2 is 1.80 bits per heavy atom. The molecular formula is C23H23N5O2. The Hall–Kier alpha value is -3.74. The van der Waals surface area contributed by atoms with Gasteiger partial charge in [0.25, 0.3) is 5.56 Å². The summed E-state index contributed by atoms with van der Waals surface area (Å²) in [5, 5.41) is 3.93. The van der Waals surface area contributed by atoms with E-state index in [0.717, 1.165) is 22.2 Å². The number of nitrogens with zero attached hydrogens (tertiary/aromatic N) is 3. The Morgan fingerprint density at radius 3 is 2.53 bits per heavy atom. The van der Waals surface area contributed by atoms with E-state index in [2.05, 4.69) is 31.3 Å². The second kappa shape index (κ2) is 7.94. The molecule has 0 saturated carbocycles. The number of para-hydroxylation sites is 1. The number of methoxy groups -OCH3 is 1. The molecule has 0 fully saturated rings. The molecule has 0 aliphatic carbocycles. The maximum Gasteiger partial charge on any atom is 0.256 e. The van der Waals surface area contributed by atoms with Crippen molar-refractivity contribution in [1.29, 1.82) is 0 Å². The first kappa shape index (κ1) is 19.6. The van der Waals surface area contributed by atoms with Crippen LogP contribution < -0.4 is 15.6 Å². The van der Waals surface area contributed by atoms with Crippen molar-refractivity contribution >= 4 is 22.8 Å². The van der Waals surface area contributed by atoms with E-state index in [1.54, 1.807) is 7.11 Å². The highest BCUT2D eigenvalue weighted by Gasteiger charge is 2.13. The van der Waals surface area contributed by atoms with E-state index in [1.807, 2.05) is 57.2 Å². The van der Waals surface area contributed by atoms with Gasteiger partial charge in [-0.15, -0.1) is 0 Å². The zero-order valence-corrected chi connectivity index (χ0v) is 17.4. The molecule has 4 aromatic rings. The van der Waals surface area contributed by atoms with Crippen LogP contribution in [0, 0.1) is 20.8 Å². The van der Waals surface area contributed by atoms with Crippen LogP contribution in [-0.2, 0) is 6.42 Å². The summed E-state index contributed by atoms with van der Waals surface area (Å²) in [7, 11) is 1.61. The van der Waals surface area contributed by atoms with Gasteiger partial charge in [-0.2, -0.15) is 0 Å². The van der Waals surface area contributed by atoms with Gasteiger partial charge in [-0.1, -0.05) is 42.0 Å². The highest BCUT2D eigenvalue weighted by Crippen LogP contribution is 2.26. The third-order valence-corrected chi connectivity index (χ3v) is 5.02. The minimum atomic E-state index is -0.179. The van der Waals surface area contributed by atoms with Crippen LogP contribution in [0.4, 0.5) is 11.9 Å². The molecule has 4 rings (SSSR count). The molecule has 0 amide bonds. The molecule has 2 aromatic heterocycles. The van der Waals surface area contributed by atoms with Crippen molar-refractivity contribution in [3.63, 3.8) is 0 Å². The summed E-state index contributed by atoms with van der Waals surface area (Å²) in [5.74, 6) is 1.31. The second-order valence-corrected chi connectivity index (χ2v) is 7.26. The van der Waals surface area contributed by atoms with E-state index >= 15 is 0 Å². The number of aromatic nitrogens is 4. The molecule has 30 heavy (non-hydrogen) atoms. The smallest absolute Gasteiger partial charge is 0.256 e. The highest BCUT2D eigenvalue weighted by molar-refractivity contribution is 5.87. The van der Waals surface area contributed by atoms with E-state index in [1.165, 1.54) is 0 Å². The first-order valence-corrected chi connectivity index (χ1v) is 9.68. The minimum Gasteiger partial charge on any atom is -0.494 e. The Morgan fingerprint density at radius 1 is 1.00 bits per heavy atom. The summed E-state index contributed by atoms with van der Waals surface area (Å²) in [6, 6.07) is 13.8. The first-order chi connectivity index (χ1) is 14.4. The third kappa shape index (κ3) is 3.87. The van der Waals surface area contributed by atoms with E-state index < -0.39 is 0 Å². The lowest BCUT2D eigenvalue weighted by Crippen LogP contribution is -2.19. The number of hydrogen-bond acceptors (Lipinski definition) is 6. The van der Waals surface area contributed by atoms with Crippen LogP contribution in [-0.4, -0.2) is 27.0 Å². The Bertz CT molecular complexity index is 1300. The molecule has 0 saturated heterocycles. The van der Waals surface area contributed by atoms with Crippen LogP contribution in [0.2, 0.25) is 0 Å². The fourth-order valence-electron chi connectivity index (χ4n) is 3.51. The number of hydrogen-bond donors (Lipinski definition) is 2. The lowest BCUT2D eigenvalue weighted by atomic mass is 10.0. The monoisotopic (exact) mass is 401 g/mol. The topological polar surface area (TPSA) is 92.8 Å². The fraction of sp³-hybridized carbons (Fsp3) is 0.217. The lowest BCUT2D eigenvalue weighted by molar-refractivity contribution is 0.419. The highest BCUT2D eigenvalue weighted by atomic mass is 16.5. The number of rotatable bonds is 5. The summed E-state index contributed by atoms with van der Waals surface area (Å²) >= 11 is 0. The molecule has 0 spiro atoms. The predicted molar refractivity (Wildman–Crippen MR) is 118 cm³/mol. The average Bonchev–Trinajstić information content (AvgIpc) is 2.70. The number of aromatic amines is 1. The van der Waals surface area contributed by atoms with Gasteiger partial charge in [0.05, 0.1) is 18.5 Å². The number of benzene rings is 2. The Balaban J connectivity index is 1.67. The predicted octanol–water partition coefficient (Wildman–Crippen LogP) is 3.98. The van der Waals surface area contributed by atoms with Crippen molar-refractivity contribution in [2.45, 2.75) is 27.2 Å². The van der Waals surface area contributed by atoms with Crippen molar-refractivity contribution in [1.82, 2.24) is 19.9 Å². The van der Waals surface area contributed by atoms with Gasteiger partial charge in [-0.05, 0) is 32.4 Å². The van der Waals surface area contributed by atoms with Crippen molar-refractivity contribution in [3.05, 3.63) is 80.9 Å². The van der Waals surface area contributed by atoms with Gasteiger partial charge >= 0.3 is 0 Å². The first-order valence-electron chi connectivity index (χ1n) is 9.68. The van der Waals surface area contributed by atoms with E-state index in [9.17, 15) is 4.79 Å². The Kier molecular flexibility index (Phi) is 5.18. The van der Waals surface area contributed by atoms with Gasteiger partial charge in [0.2, 0.25) is 11.9 Å². The number of fused-ring (bicyclic) bond motifs is 1. The molecule has 0 unspecified atom stereocenters. The van der Waals surface area contributed by atoms with Gasteiger partial charge in [0.15, 0.2) is 0 Å². The van der Waals surface area contributed by atoms with Crippen LogP contribution >= 0.6 is 0 Å². The molecule has 0 aliphatic heterocycles. The molecule has 0 atom stereocenters. The zero-order valence-electron chi connectivity index (χ0n) is 17.4. The summed E-state index contributed by atoms with van der Waals surface area (Å²) in [4.78, 5) is 29.1. The summed E-state index contributed by atoms with van der Waals surface area (Å²) in [6.45, 7) is 5.77. The molecule has 2 heterocycles. The van der Waals surface area contributed by atoms with Crippen LogP contribution in [0.25, 0.3) is 10.9 Å². The molecule has 2 N–H and O–H groups in total. The maximum absolute atomic E-state index is 12.7. The molecule has 152 valence electrons. The van der Waals surface area contributed by atoms with Gasteiger partial charge in [-0.25, -0.2) is 15.0 Å². The van der Waals surface area contributed by atoms with Gasteiger partial charge < -0.3 is 4.74 Å². The molecule has 0 radical (unpaired) electrons. The standard InChI is InChI=1S/C23H23N5O2/c1-13-7-5-8-16(11-13)12-18-15(3)25-23(27-21(18)29)28-22-24-14(2)17-9-6-10-19(30-4)20(17)26-22/h5-11H,12H2,1-4H3,(H2,24,25,26,27,28,29). The summed E-state index contributed by atoms with van der Waals surface area (Å²) < 4.78 is 5.42. The van der Waals surface area contributed by atoms with Crippen LogP contribution in [0.3, 0.4) is 0 Å².